The molecule has 4 aliphatic carbocycles. The number of rotatable bonds is 5. The molecule has 0 aliphatic heterocycles. The Bertz CT molecular complexity index is 887. The van der Waals surface area contributed by atoms with E-state index in [4.69, 9.17) is 4.99 Å². The molecule has 4 bridgehead atoms. The molecule has 0 N–H and O–H groups in total. The summed E-state index contributed by atoms with van der Waals surface area (Å²) < 4.78 is 3.54. The first-order valence-corrected chi connectivity index (χ1v) is 11.7. The van der Waals surface area contributed by atoms with Crippen molar-refractivity contribution in [1.82, 2.24) is 4.57 Å². The Morgan fingerprint density at radius 1 is 1.11 bits per heavy atom. The fraction of sp³-hybridized carbons (Fsp3) is 0.652. The van der Waals surface area contributed by atoms with Crippen LogP contribution in [0.5, 0.6) is 0 Å². The lowest BCUT2D eigenvalue weighted by Crippen LogP contribution is -2.49. The van der Waals surface area contributed by atoms with Crippen LogP contribution in [0.25, 0.3) is 10.2 Å². The third-order valence-electron chi connectivity index (χ3n) is 7.26. The predicted octanol–water partition coefficient (Wildman–Crippen LogP) is 5.54. The largest absolute Gasteiger partial charge is 0.316 e. The molecule has 0 atom stereocenters. The van der Waals surface area contributed by atoms with E-state index in [0.29, 0.717) is 0 Å². The highest BCUT2D eigenvalue weighted by Gasteiger charge is 2.54. The topological polar surface area (TPSA) is 34.4 Å². The van der Waals surface area contributed by atoms with Crippen molar-refractivity contribution in [1.29, 1.82) is 0 Å². The summed E-state index contributed by atoms with van der Waals surface area (Å²) in [7, 11) is 0. The molecule has 0 radical (unpaired) electrons. The van der Waals surface area contributed by atoms with Crippen LogP contribution < -0.4 is 4.80 Å². The highest BCUT2D eigenvalue weighted by molar-refractivity contribution is 7.16. The maximum absolute atomic E-state index is 13.5. The van der Waals surface area contributed by atoms with E-state index < -0.39 is 0 Å². The predicted molar refractivity (Wildman–Crippen MR) is 111 cm³/mol. The van der Waals surface area contributed by atoms with Gasteiger partial charge in [0.05, 0.1) is 15.6 Å². The van der Waals surface area contributed by atoms with Crippen LogP contribution in [0, 0.1) is 23.2 Å². The van der Waals surface area contributed by atoms with Crippen LogP contribution in [0.4, 0.5) is 0 Å². The number of benzene rings is 1. The van der Waals surface area contributed by atoms with Gasteiger partial charge in [0.25, 0.3) is 5.91 Å². The highest BCUT2D eigenvalue weighted by Crippen LogP contribution is 2.60. The summed E-state index contributed by atoms with van der Waals surface area (Å²) in [5.74, 6) is 2.55. The number of unbranched alkanes of at least 4 members (excludes halogenated alkanes) is 2. The second-order valence-electron chi connectivity index (χ2n) is 9.33. The Balaban J connectivity index is 1.52. The van der Waals surface area contributed by atoms with Gasteiger partial charge in [-0.3, -0.25) is 4.79 Å². The number of nitrogens with zero attached hydrogens (tertiary/aromatic N) is 2. The van der Waals surface area contributed by atoms with Crippen molar-refractivity contribution in [2.45, 2.75) is 71.3 Å². The lowest BCUT2D eigenvalue weighted by Gasteiger charge is -2.55. The molecule has 1 amide bonds. The number of para-hydroxylation sites is 1. The molecule has 4 heteroatoms. The number of hydrogen-bond donors (Lipinski definition) is 0. The average molecular weight is 383 g/mol. The van der Waals surface area contributed by atoms with Crippen molar-refractivity contribution in [3.63, 3.8) is 0 Å². The van der Waals surface area contributed by atoms with Crippen molar-refractivity contribution >= 4 is 27.5 Å². The molecule has 4 saturated carbocycles. The molecule has 1 aromatic carbocycles. The molecular weight excluding hydrogens is 352 g/mol. The average Bonchev–Trinajstić information content (AvgIpc) is 2.98. The zero-order chi connectivity index (χ0) is 18.4. The molecule has 144 valence electrons. The number of amides is 1. The van der Waals surface area contributed by atoms with Gasteiger partial charge in [-0.2, -0.15) is 4.99 Å². The van der Waals surface area contributed by atoms with E-state index >= 15 is 0 Å². The number of aromatic nitrogens is 1. The smallest absolute Gasteiger partial charge is 0.254 e. The van der Waals surface area contributed by atoms with Crippen LogP contribution in [-0.4, -0.2) is 10.5 Å². The van der Waals surface area contributed by atoms with Crippen LogP contribution >= 0.6 is 11.3 Å². The molecule has 1 aromatic heterocycles. The van der Waals surface area contributed by atoms with Crippen molar-refractivity contribution in [2.24, 2.45) is 28.2 Å². The van der Waals surface area contributed by atoms with Crippen molar-refractivity contribution in [3.05, 3.63) is 29.1 Å². The molecule has 3 nitrogen and oxygen atoms in total. The minimum Gasteiger partial charge on any atom is -0.316 e. The Labute approximate surface area is 165 Å². The van der Waals surface area contributed by atoms with Crippen molar-refractivity contribution in [3.8, 4) is 0 Å². The fourth-order valence-corrected chi connectivity index (χ4v) is 7.47. The summed E-state index contributed by atoms with van der Waals surface area (Å²) >= 11 is 1.69. The van der Waals surface area contributed by atoms with Gasteiger partial charge in [0.1, 0.15) is 0 Å². The first-order valence-electron chi connectivity index (χ1n) is 10.8. The van der Waals surface area contributed by atoms with Gasteiger partial charge >= 0.3 is 0 Å². The van der Waals surface area contributed by atoms with E-state index in [0.717, 1.165) is 54.8 Å². The van der Waals surface area contributed by atoms with Crippen LogP contribution in [-0.2, 0) is 11.3 Å². The van der Waals surface area contributed by atoms with E-state index in [1.54, 1.807) is 11.3 Å². The van der Waals surface area contributed by atoms with E-state index in [1.165, 1.54) is 42.3 Å². The van der Waals surface area contributed by atoms with Gasteiger partial charge < -0.3 is 4.57 Å². The summed E-state index contributed by atoms with van der Waals surface area (Å²) in [6.45, 7) is 3.20. The normalized spacial score (nSPS) is 32.5. The number of hydrogen-bond acceptors (Lipinski definition) is 2. The lowest BCUT2D eigenvalue weighted by molar-refractivity contribution is -0.142. The van der Waals surface area contributed by atoms with E-state index in [-0.39, 0.29) is 11.3 Å². The van der Waals surface area contributed by atoms with Gasteiger partial charge in [-0.15, -0.1) is 0 Å². The number of thiazole rings is 1. The first-order chi connectivity index (χ1) is 13.2. The van der Waals surface area contributed by atoms with Gasteiger partial charge in [-0.1, -0.05) is 43.2 Å². The lowest BCUT2D eigenvalue weighted by atomic mass is 9.49. The van der Waals surface area contributed by atoms with Gasteiger partial charge in [0, 0.05) is 6.54 Å². The second kappa shape index (κ2) is 6.88. The third-order valence-corrected chi connectivity index (χ3v) is 8.32. The molecule has 6 rings (SSSR count). The first kappa shape index (κ1) is 17.7. The summed E-state index contributed by atoms with van der Waals surface area (Å²) in [6, 6.07) is 8.51. The Morgan fingerprint density at radius 3 is 2.44 bits per heavy atom. The molecule has 0 saturated heterocycles. The van der Waals surface area contributed by atoms with E-state index in [1.807, 2.05) is 0 Å². The number of fused-ring (bicyclic) bond motifs is 1. The number of carbonyl (C=O) groups is 1. The minimum absolute atomic E-state index is 0.133. The van der Waals surface area contributed by atoms with Crippen molar-refractivity contribution in [2.75, 3.05) is 0 Å². The van der Waals surface area contributed by atoms with Gasteiger partial charge in [0.15, 0.2) is 4.80 Å². The monoisotopic (exact) mass is 382 g/mol. The molecule has 0 unspecified atom stereocenters. The number of aryl methyl sites for hydroxylation is 1. The van der Waals surface area contributed by atoms with Crippen LogP contribution in [0.2, 0.25) is 0 Å². The van der Waals surface area contributed by atoms with Crippen molar-refractivity contribution < 1.29 is 4.79 Å². The SMILES string of the molecule is CCCCCn1c(=NC(=O)C23CC4CC(CC(C4)C2)C3)sc2ccccc21. The molecule has 27 heavy (non-hydrogen) atoms. The zero-order valence-corrected chi connectivity index (χ0v) is 17.1. The zero-order valence-electron chi connectivity index (χ0n) is 16.3. The highest BCUT2D eigenvalue weighted by atomic mass is 32.1. The maximum Gasteiger partial charge on any atom is 0.254 e. The summed E-state index contributed by atoms with van der Waals surface area (Å²) in [5, 5.41) is 0. The standard InChI is InChI=1S/C23H30N2OS/c1-2-3-6-9-25-19-7-4-5-8-20(19)27-22(25)24-21(26)23-13-16-10-17(14-23)12-18(11-16)15-23/h4-5,7-8,16-18H,2-3,6,9-15H2,1H3. The molecule has 4 fully saturated rings. The molecule has 1 heterocycles. The molecule has 2 aromatic rings. The van der Waals surface area contributed by atoms with Gasteiger partial charge in [-0.05, 0) is 74.8 Å². The third kappa shape index (κ3) is 3.10. The maximum atomic E-state index is 13.5. The van der Waals surface area contributed by atoms with Crippen LogP contribution in [0.1, 0.15) is 64.7 Å². The van der Waals surface area contributed by atoms with Gasteiger partial charge in [-0.25, -0.2) is 0 Å². The quantitative estimate of drug-likeness (QED) is 0.626. The second-order valence-corrected chi connectivity index (χ2v) is 10.3. The van der Waals surface area contributed by atoms with Crippen LogP contribution in [0.3, 0.4) is 0 Å². The Kier molecular flexibility index (Phi) is 4.50. The van der Waals surface area contributed by atoms with Gasteiger partial charge in [0.2, 0.25) is 0 Å². The summed E-state index contributed by atoms with van der Waals surface area (Å²) in [4.78, 5) is 19.2. The van der Waals surface area contributed by atoms with E-state index in [2.05, 4.69) is 35.8 Å². The van der Waals surface area contributed by atoms with Crippen LogP contribution in [0.15, 0.2) is 29.3 Å². The molecular formula is C23H30N2OS. The summed E-state index contributed by atoms with van der Waals surface area (Å²) in [6.07, 6.45) is 11.0. The minimum atomic E-state index is -0.133. The molecule has 0 spiro atoms. The fourth-order valence-electron chi connectivity index (χ4n) is 6.42. The number of carbonyl (C=O) groups excluding carboxylic acids is 1. The molecule has 4 aliphatic rings. The summed E-state index contributed by atoms with van der Waals surface area (Å²) in [5.41, 5.74) is 1.10. The Hall–Kier alpha value is -1.42. The van der Waals surface area contributed by atoms with E-state index in [9.17, 15) is 4.79 Å². The Morgan fingerprint density at radius 2 is 1.78 bits per heavy atom.